The Balaban J connectivity index is 2.23. The van der Waals surface area contributed by atoms with E-state index in [0.717, 1.165) is 17.1 Å². The fourth-order valence-electron chi connectivity index (χ4n) is 1.94. The molecule has 2 rings (SSSR count). The Hall–Kier alpha value is -0.250. The summed E-state index contributed by atoms with van der Waals surface area (Å²) in [5, 5.41) is 4.05. The second-order valence-electron chi connectivity index (χ2n) is 4.76. The highest BCUT2D eigenvalue weighted by molar-refractivity contribution is 7.99. The Morgan fingerprint density at radius 2 is 2.25 bits per heavy atom. The molecule has 1 N–H and O–H groups in total. The van der Waals surface area contributed by atoms with Crippen molar-refractivity contribution in [2.75, 3.05) is 11.5 Å². The van der Waals surface area contributed by atoms with Crippen LogP contribution >= 0.6 is 23.4 Å². The van der Waals surface area contributed by atoms with Crippen molar-refractivity contribution >= 4 is 23.4 Å². The van der Waals surface area contributed by atoms with Gasteiger partial charge in [-0.25, -0.2) is 4.39 Å². The quantitative estimate of drug-likeness (QED) is 0.827. The normalized spacial score (nSPS) is 24.4. The van der Waals surface area contributed by atoms with Gasteiger partial charge >= 0.3 is 0 Å². The lowest BCUT2D eigenvalue weighted by molar-refractivity contribution is 0.376. The lowest BCUT2D eigenvalue weighted by atomic mass is 10.0. The first kappa shape index (κ1) is 12.2. The minimum atomic E-state index is -0.281. The highest BCUT2D eigenvalue weighted by Crippen LogP contribution is 2.32. The molecule has 1 saturated heterocycles. The van der Waals surface area contributed by atoms with Gasteiger partial charge in [-0.15, -0.1) is 0 Å². The molecule has 1 aromatic carbocycles. The summed E-state index contributed by atoms with van der Waals surface area (Å²) in [6.07, 6.45) is 0. The molecule has 0 amide bonds. The van der Waals surface area contributed by atoms with Crippen LogP contribution in [0.3, 0.4) is 0 Å². The molecule has 1 aliphatic rings. The second-order valence-corrected chi connectivity index (χ2v) is 6.20. The minimum absolute atomic E-state index is 0.102. The summed E-state index contributed by atoms with van der Waals surface area (Å²) in [6.45, 7) is 4.34. The standard InChI is InChI=1S/C12H15ClFNS/c1-12(2)7-16-6-11(15-12)9-4-3-8(14)5-10(9)13/h3-5,11,15H,6-7H2,1-2H3. The van der Waals surface area contributed by atoms with Crippen molar-refractivity contribution in [2.24, 2.45) is 0 Å². The lowest BCUT2D eigenvalue weighted by Gasteiger charge is -2.37. The van der Waals surface area contributed by atoms with E-state index in [-0.39, 0.29) is 17.4 Å². The van der Waals surface area contributed by atoms with Gasteiger partial charge in [0.1, 0.15) is 5.82 Å². The van der Waals surface area contributed by atoms with Gasteiger partial charge in [-0.05, 0) is 31.5 Å². The zero-order valence-corrected chi connectivity index (χ0v) is 11.0. The number of rotatable bonds is 1. The van der Waals surface area contributed by atoms with E-state index in [0.29, 0.717) is 5.02 Å². The molecule has 88 valence electrons. The Morgan fingerprint density at radius 1 is 1.50 bits per heavy atom. The molecule has 1 nitrogen and oxygen atoms in total. The van der Waals surface area contributed by atoms with Crippen molar-refractivity contribution in [1.29, 1.82) is 0 Å². The molecule has 1 unspecified atom stereocenters. The van der Waals surface area contributed by atoms with E-state index in [1.54, 1.807) is 6.07 Å². The molecule has 1 aliphatic heterocycles. The zero-order chi connectivity index (χ0) is 11.8. The largest absolute Gasteiger partial charge is 0.303 e. The fraction of sp³-hybridized carbons (Fsp3) is 0.500. The number of hydrogen-bond donors (Lipinski definition) is 1. The van der Waals surface area contributed by atoms with E-state index in [4.69, 9.17) is 11.6 Å². The van der Waals surface area contributed by atoms with Crippen LogP contribution in [0.15, 0.2) is 18.2 Å². The van der Waals surface area contributed by atoms with Crippen LogP contribution in [-0.4, -0.2) is 17.0 Å². The first-order valence-corrected chi connectivity index (χ1v) is 6.82. The summed E-state index contributed by atoms with van der Waals surface area (Å²) < 4.78 is 13.0. The summed E-state index contributed by atoms with van der Waals surface area (Å²) in [6, 6.07) is 4.83. The van der Waals surface area contributed by atoms with Crippen LogP contribution in [-0.2, 0) is 0 Å². The van der Waals surface area contributed by atoms with E-state index >= 15 is 0 Å². The van der Waals surface area contributed by atoms with Gasteiger partial charge in [-0.3, -0.25) is 0 Å². The molecule has 0 radical (unpaired) electrons. The molecule has 4 heteroatoms. The van der Waals surface area contributed by atoms with Crippen LogP contribution in [0.2, 0.25) is 5.02 Å². The van der Waals surface area contributed by atoms with Gasteiger partial charge in [0.25, 0.3) is 0 Å². The number of halogens is 2. The maximum Gasteiger partial charge on any atom is 0.124 e. The van der Waals surface area contributed by atoms with Gasteiger partial charge in [-0.2, -0.15) is 11.8 Å². The van der Waals surface area contributed by atoms with E-state index in [1.165, 1.54) is 12.1 Å². The number of benzene rings is 1. The van der Waals surface area contributed by atoms with Gasteiger partial charge in [0.2, 0.25) is 0 Å². The Morgan fingerprint density at radius 3 is 2.88 bits per heavy atom. The van der Waals surface area contributed by atoms with Crippen LogP contribution in [0.5, 0.6) is 0 Å². The predicted molar refractivity (Wildman–Crippen MR) is 68.7 cm³/mol. The lowest BCUT2D eigenvalue weighted by Crippen LogP contribution is -2.48. The molecule has 16 heavy (non-hydrogen) atoms. The number of hydrogen-bond acceptors (Lipinski definition) is 2. The Labute approximate surface area is 105 Å². The molecular formula is C12H15ClFNS. The van der Waals surface area contributed by atoms with E-state index in [2.05, 4.69) is 19.2 Å². The zero-order valence-electron chi connectivity index (χ0n) is 9.39. The number of nitrogens with one attached hydrogen (secondary N) is 1. The summed E-state index contributed by atoms with van der Waals surface area (Å²) in [4.78, 5) is 0. The highest BCUT2D eigenvalue weighted by Gasteiger charge is 2.29. The topological polar surface area (TPSA) is 12.0 Å². The van der Waals surface area contributed by atoms with Crippen LogP contribution in [0.25, 0.3) is 0 Å². The van der Waals surface area contributed by atoms with E-state index in [1.807, 2.05) is 11.8 Å². The van der Waals surface area contributed by atoms with Gasteiger partial charge in [0, 0.05) is 28.1 Å². The molecule has 1 aromatic rings. The van der Waals surface area contributed by atoms with Crippen molar-refractivity contribution in [1.82, 2.24) is 5.32 Å². The second kappa shape index (κ2) is 4.55. The van der Waals surface area contributed by atoms with Gasteiger partial charge < -0.3 is 5.32 Å². The highest BCUT2D eigenvalue weighted by atomic mass is 35.5. The molecule has 0 bridgehead atoms. The maximum atomic E-state index is 13.0. The third-order valence-corrected chi connectivity index (χ3v) is 4.47. The Bertz CT molecular complexity index is 395. The average Bonchev–Trinajstić information content (AvgIpc) is 2.15. The van der Waals surface area contributed by atoms with Crippen LogP contribution in [0.1, 0.15) is 25.5 Å². The van der Waals surface area contributed by atoms with Gasteiger partial charge in [0.15, 0.2) is 0 Å². The first-order valence-electron chi connectivity index (χ1n) is 5.28. The first-order chi connectivity index (χ1) is 7.48. The monoisotopic (exact) mass is 259 g/mol. The van der Waals surface area contributed by atoms with Crippen LogP contribution in [0.4, 0.5) is 4.39 Å². The van der Waals surface area contributed by atoms with E-state index in [9.17, 15) is 4.39 Å². The van der Waals surface area contributed by atoms with Crippen LogP contribution in [0, 0.1) is 5.82 Å². The molecule has 0 saturated carbocycles. The molecule has 0 aromatic heterocycles. The fourth-order valence-corrected chi connectivity index (χ4v) is 3.45. The third kappa shape index (κ3) is 2.70. The molecule has 1 atom stereocenters. The average molecular weight is 260 g/mol. The number of thioether (sulfide) groups is 1. The van der Waals surface area contributed by atoms with Crippen molar-refractivity contribution in [2.45, 2.75) is 25.4 Å². The smallest absolute Gasteiger partial charge is 0.124 e. The van der Waals surface area contributed by atoms with Crippen LogP contribution < -0.4 is 5.32 Å². The molecule has 0 spiro atoms. The summed E-state index contributed by atoms with van der Waals surface area (Å²) in [5.41, 5.74) is 1.09. The van der Waals surface area contributed by atoms with Crippen molar-refractivity contribution < 1.29 is 4.39 Å². The Kier molecular flexibility index (Phi) is 3.48. The van der Waals surface area contributed by atoms with Gasteiger partial charge in [0.05, 0.1) is 0 Å². The SMILES string of the molecule is CC1(C)CSCC(c2ccc(F)cc2Cl)N1. The maximum absolute atomic E-state index is 13.0. The summed E-state index contributed by atoms with van der Waals surface area (Å²) >= 11 is 7.97. The molecule has 0 aliphatic carbocycles. The van der Waals surface area contributed by atoms with E-state index < -0.39 is 0 Å². The van der Waals surface area contributed by atoms with Gasteiger partial charge in [-0.1, -0.05) is 17.7 Å². The van der Waals surface area contributed by atoms with Crippen molar-refractivity contribution in [3.63, 3.8) is 0 Å². The minimum Gasteiger partial charge on any atom is -0.303 e. The molecule has 1 fully saturated rings. The molecular weight excluding hydrogens is 245 g/mol. The van der Waals surface area contributed by atoms with Crippen molar-refractivity contribution in [3.8, 4) is 0 Å². The third-order valence-electron chi connectivity index (χ3n) is 2.65. The summed E-state index contributed by atoms with van der Waals surface area (Å²) in [5.74, 6) is 1.79. The predicted octanol–water partition coefficient (Wildman–Crippen LogP) is 3.64. The van der Waals surface area contributed by atoms with Crippen molar-refractivity contribution in [3.05, 3.63) is 34.6 Å². The summed E-state index contributed by atoms with van der Waals surface area (Å²) in [7, 11) is 0. The molecule has 1 heterocycles.